The highest BCUT2D eigenvalue weighted by Gasteiger charge is 2.09. The Morgan fingerprint density at radius 3 is 2.70 bits per heavy atom. The van der Waals surface area contributed by atoms with Crippen LogP contribution in [0.3, 0.4) is 0 Å². The molecule has 0 bridgehead atoms. The molecule has 1 aromatic rings. The number of rotatable bonds is 7. The number of carbonyl (C=O) groups is 2. The van der Waals surface area contributed by atoms with Crippen LogP contribution >= 0.6 is 0 Å². The molecule has 0 aliphatic heterocycles. The molecule has 0 aromatic heterocycles. The van der Waals surface area contributed by atoms with Gasteiger partial charge in [-0.15, -0.1) is 0 Å². The SMILES string of the molecule is COCc1cccc(CNC(=O)N(C)CCC(=O)O)c1. The van der Waals surface area contributed by atoms with E-state index in [-0.39, 0.29) is 19.0 Å². The zero-order valence-corrected chi connectivity index (χ0v) is 11.8. The van der Waals surface area contributed by atoms with E-state index in [0.717, 1.165) is 11.1 Å². The number of amides is 2. The summed E-state index contributed by atoms with van der Waals surface area (Å²) >= 11 is 0. The van der Waals surface area contributed by atoms with Gasteiger partial charge in [-0.05, 0) is 11.1 Å². The Morgan fingerprint density at radius 1 is 1.35 bits per heavy atom. The van der Waals surface area contributed by atoms with E-state index in [2.05, 4.69) is 5.32 Å². The van der Waals surface area contributed by atoms with Crippen LogP contribution < -0.4 is 5.32 Å². The molecule has 0 saturated carbocycles. The van der Waals surface area contributed by atoms with Gasteiger partial charge < -0.3 is 20.1 Å². The van der Waals surface area contributed by atoms with Crippen LogP contribution in [0.15, 0.2) is 24.3 Å². The maximum absolute atomic E-state index is 11.7. The molecule has 0 unspecified atom stereocenters. The van der Waals surface area contributed by atoms with E-state index in [9.17, 15) is 9.59 Å². The second kappa shape index (κ2) is 8.16. The fraction of sp³-hybridized carbons (Fsp3) is 0.429. The van der Waals surface area contributed by atoms with E-state index < -0.39 is 5.97 Å². The quantitative estimate of drug-likeness (QED) is 0.792. The normalized spacial score (nSPS) is 10.1. The van der Waals surface area contributed by atoms with Gasteiger partial charge in [0.1, 0.15) is 0 Å². The monoisotopic (exact) mass is 280 g/mol. The standard InChI is InChI=1S/C14H20N2O4/c1-16(7-6-13(17)18)14(19)15-9-11-4-3-5-12(8-11)10-20-2/h3-5,8H,6-7,9-10H2,1-2H3,(H,15,19)(H,17,18). The number of nitrogens with one attached hydrogen (secondary N) is 1. The van der Waals surface area contributed by atoms with Gasteiger partial charge in [0.25, 0.3) is 0 Å². The van der Waals surface area contributed by atoms with Crippen LogP contribution in [0, 0.1) is 0 Å². The van der Waals surface area contributed by atoms with Crippen LogP contribution in [0.4, 0.5) is 4.79 Å². The Balaban J connectivity index is 2.43. The summed E-state index contributed by atoms with van der Waals surface area (Å²) in [7, 11) is 3.20. The molecule has 6 nitrogen and oxygen atoms in total. The number of carbonyl (C=O) groups excluding carboxylic acids is 1. The number of carboxylic acids is 1. The van der Waals surface area contributed by atoms with Gasteiger partial charge in [0.05, 0.1) is 13.0 Å². The number of carboxylic acid groups (broad SMARTS) is 1. The van der Waals surface area contributed by atoms with Gasteiger partial charge in [0.2, 0.25) is 0 Å². The van der Waals surface area contributed by atoms with Crippen molar-refractivity contribution in [3.05, 3.63) is 35.4 Å². The molecule has 2 N–H and O–H groups in total. The largest absolute Gasteiger partial charge is 0.481 e. The third kappa shape index (κ3) is 5.71. The molecule has 0 fully saturated rings. The fourth-order valence-electron chi connectivity index (χ4n) is 1.67. The molecule has 2 amide bonds. The van der Waals surface area contributed by atoms with Crippen molar-refractivity contribution in [2.45, 2.75) is 19.6 Å². The van der Waals surface area contributed by atoms with E-state index >= 15 is 0 Å². The van der Waals surface area contributed by atoms with Crippen molar-refractivity contribution in [3.63, 3.8) is 0 Å². The van der Waals surface area contributed by atoms with Crippen LogP contribution in [-0.2, 0) is 22.7 Å². The summed E-state index contributed by atoms with van der Waals surface area (Å²) in [5.41, 5.74) is 2.01. The maximum Gasteiger partial charge on any atom is 0.317 e. The second-order valence-electron chi connectivity index (χ2n) is 4.48. The van der Waals surface area contributed by atoms with Gasteiger partial charge in [-0.2, -0.15) is 0 Å². The number of nitrogens with zero attached hydrogens (tertiary/aromatic N) is 1. The molecule has 1 aromatic carbocycles. The zero-order valence-electron chi connectivity index (χ0n) is 11.8. The molecular formula is C14H20N2O4. The Morgan fingerprint density at radius 2 is 2.05 bits per heavy atom. The van der Waals surface area contributed by atoms with Gasteiger partial charge >= 0.3 is 12.0 Å². The zero-order chi connectivity index (χ0) is 15.0. The van der Waals surface area contributed by atoms with E-state index in [1.165, 1.54) is 4.90 Å². The van der Waals surface area contributed by atoms with Gasteiger partial charge in [-0.3, -0.25) is 4.79 Å². The van der Waals surface area contributed by atoms with Crippen molar-refractivity contribution < 1.29 is 19.4 Å². The summed E-state index contributed by atoms with van der Waals surface area (Å²) in [6, 6.07) is 7.44. The minimum atomic E-state index is -0.920. The molecule has 6 heteroatoms. The predicted octanol–water partition coefficient (Wildman–Crippen LogP) is 1.45. The first-order chi connectivity index (χ1) is 9.52. The predicted molar refractivity (Wildman–Crippen MR) is 74.3 cm³/mol. The average molecular weight is 280 g/mol. The van der Waals surface area contributed by atoms with Crippen LogP contribution in [0.5, 0.6) is 0 Å². The van der Waals surface area contributed by atoms with Crippen LogP contribution in [0.2, 0.25) is 0 Å². The van der Waals surface area contributed by atoms with Crippen molar-refractivity contribution in [2.24, 2.45) is 0 Å². The summed E-state index contributed by atoms with van der Waals surface area (Å²) in [5.74, 6) is -0.920. The molecule has 1 rings (SSSR count). The lowest BCUT2D eigenvalue weighted by atomic mass is 10.1. The third-order valence-electron chi connectivity index (χ3n) is 2.75. The number of hydrogen-bond donors (Lipinski definition) is 2. The fourth-order valence-corrected chi connectivity index (χ4v) is 1.67. The molecule has 110 valence electrons. The Labute approximate surface area is 118 Å². The molecule has 0 aliphatic rings. The van der Waals surface area contributed by atoms with Gasteiger partial charge in [0, 0.05) is 27.2 Å². The summed E-state index contributed by atoms with van der Waals surface area (Å²) in [5, 5.41) is 11.3. The van der Waals surface area contributed by atoms with Crippen molar-refractivity contribution in [3.8, 4) is 0 Å². The summed E-state index contributed by atoms with van der Waals surface area (Å²) < 4.78 is 5.05. The molecule has 0 saturated heterocycles. The van der Waals surface area contributed by atoms with Crippen molar-refractivity contribution in [2.75, 3.05) is 20.7 Å². The number of benzene rings is 1. The number of ether oxygens (including phenoxy) is 1. The van der Waals surface area contributed by atoms with Gasteiger partial charge in [-0.25, -0.2) is 4.79 Å². The molecule has 0 spiro atoms. The van der Waals surface area contributed by atoms with E-state index in [4.69, 9.17) is 9.84 Å². The Kier molecular flexibility index (Phi) is 6.52. The first-order valence-corrected chi connectivity index (χ1v) is 6.30. The first kappa shape index (κ1) is 16.0. The summed E-state index contributed by atoms with van der Waals surface area (Å²) in [6.07, 6.45) is -0.0623. The number of methoxy groups -OCH3 is 1. The highest BCUT2D eigenvalue weighted by molar-refractivity contribution is 5.75. The summed E-state index contributed by atoms with van der Waals surface area (Å²) in [6.45, 7) is 1.11. The van der Waals surface area contributed by atoms with Gasteiger partial charge in [-0.1, -0.05) is 24.3 Å². The first-order valence-electron chi connectivity index (χ1n) is 6.30. The van der Waals surface area contributed by atoms with Crippen molar-refractivity contribution in [1.82, 2.24) is 10.2 Å². The minimum Gasteiger partial charge on any atom is -0.481 e. The molecule has 0 atom stereocenters. The minimum absolute atomic E-state index is 0.0623. The molecule has 20 heavy (non-hydrogen) atoms. The van der Waals surface area contributed by atoms with Crippen LogP contribution in [0.25, 0.3) is 0 Å². The lowest BCUT2D eigenvalue weighted by Crippen LogP contribution is -2.37. The smallest absolute Gasteiger partial charge is 0.317 e. The molecule has 0 aliphatic carbocycles. The van der Waals surface area contributed by atoms with E-state index in [0.29, 0.717) is 13.2 Å². The van der Waals surface area contributed by atoms with Crippen LogP contribution in [0.1, 0.15) is 17.5 Å². The lowest BCUT2D eigenvalue weighted by Gasteiger charge is -2.17. The van der Waals surface area contributed by atoms with Crippen molar-refractivity contribution >= 4 is 12.0 Å². The second-order valence-corrected chi connectivity index (χ2v) is 4.48. The van der Waals surface area contributed by atoms with Crippen LogP contribution in [-0.4, -0.2) is 42.7 Å². The van der Waals surface area contributed by atoms with E-state index in [1.54, 1.807) is 14.2 Å². The number of aliphatic carboxylic acids is 1. The third-order valence-corrected chi connectivity index (χ3v) is 2.75. The Bertz CT molecular complexity index is 462. The summed E-state index contributed by atoms with van der Waals surface area (Å²) in [4.78, 5) is 23.5. The number of hydrogen-bond acceptors (Lipinski definition) is 3. The van der Waals surface area contributed by atoms with E-state index in [1.807, 2.05) is 24.3 Å². The molecular weight excluding hydrogens is 260 g/mol. The highest BCUT2D eigenvalue weighted by Crippen LogP contribution is 2.06. The average Bonchev–Trinajstić information content (AvgIpc) is 2.43. The number of urea groups is 1. The van der Waals surface area contributed by atoms with Crippen molar-refractivity contribution in [1.29, 1.82) is 0 Å². The lowest BCUT2D eigenvalue weighted by molar-refractivity contribution is -0.137. The Hall–Kier alpha value is -2.08. The highest BCUT2D eigenvalue weighted by atomic mass is 16.5. The topological polar surface area (TPSA) is 78.9 Å². The molecule has 0 radical (unpaired) electrons. The maximum atomic E-state index is 11.7. The molecule has 0 heterocycles. The van der Waals surface area contributed by atoms with Gasteiger partial charge in [0.15, 0.2) is 0 Å².